The Hall–Kier alpha value is -1.20. The summed E-state index contributed by atoms with van der Waals surface area (Å²) in [6.07, 6.45) is 1.95. The second-order valence-corrected chi connectivity index (χ2v) is 7.32. The Bertz CT molecular complexity index is 509. The van der Waals surface area contributed by atoms with Crippen LogP contribution in [0.15, 0.2) is 29.2 Å². The largest absolute Gasteiger partial charge is 0.354 e. The topological polar surface area (TPSA) is 49.4 Å². The van der Waals surface area contributed by atoms with Crippen molar-refractivity contribution in [2.75, 3.05) is 20.1 Å². The van der Waals surface area contributed by atoms with E-state index in [4.69, 9.17) is 0 Å². The van der Waals surface area contributed by atoms with Crippen molar-refractivity contribution in [3.8, 4) is 0 Å². The van der Waals surface area contributed by atoms with Crippen LogP contribution in [-0.4, -0.2) is 34.6 Å². The lowest BCUT2D eigenvalue weighted by Crippen LogP contribution is -2.37. The standard InChI is InChI=1S/C15H22N2O2S/c1-12-4-6-13(7-5-12)20(19)17(3)11-10-16-14(18)15(2)8-9-15/h4-7H,8-11H2,1-3H3,(H,16,18). The van der Waals surface area contributed by atoms with Gasteiger partial charge in [-0.15, -0.1) is 0 Å². The van der Waals surface area contributed by atoms with E-state index in [2.05, 4.69) is 5.32 Å². The molecule has 1 unspecified atom stereocenters. The van der Waals surface area contributed by atoms with Gasteiger partial charge in [0, 0.05) is 25.6 Å². The van der Waals surface area contributed by atoms with Gasteiger partial charge in [0.25, 0.3) is 0 Å². The number of carbonyl (C=O) groups is 1. The summed E-state index contributed by atoms with van der Waals surface area (Å²) < 4.78 is 14.0. The maximum Gasteiger partial charge on any atom is 0.225 e. The summed E-state index contributed by atoms with van der Waals surface area (Å²) in [7, 11) is 0.632. The van der Waals surface area contributed by atoms with Crippen LogP contribution in [0, 0.1) is 12.3 Å². The first-order valence-corrected chi connectivity index (χ1v) is 8.01. The molecule has 4 nitrogen and oxygen atoms in total. The van der Waals surface area contributed by atoms with Gasteiger partial charge in [0.15, 0.2) is 0 Å². The lowest BCUT2D eigenvalue weighted by molar-refractivity contribution is -0.125. The number of nitrogens with zero attached hydrogens (tertiary/aromatic N) is 1. The molecule has 0 radical (unpaired) electrons. The van der Waals surface area contributed by atoms with E-state index in [1.165, 1.54) is 0 Å². The van der Waals surface area contributed by atoms with E-state index in [-0.39, 0.29) is 11.3 Å². The third-order valence-electron chi connectivity index (χ3n) is 3.77. The van der Waals surface area contributed by atoms with Crippen LogP contribution in [0.1, 0.15) is 25.3 Å². The molecular formula is C15H22N2O2S. The van der Waals surface area contributed by atoms with Gasteiger partial charge >= 0.3 is 0 Å². The Labute approximate surface area is 123 Å². The monoisotopic (exact) mass is 294 g/mol. The summed E-state index contributed by atoms with van der Waals surface area (Å²) in [5.41, 5.74) is 1.01. The van der Waals surface area contributed by atoms with E-state index in [9.17, 15) is 9.00 Å². The highest BCUT2D eigenvalue weighted by Gasteiger charge is 2.44. The van der Waals surface area contributed by atoms with Gasteiger partial charge in [-0.1, -0.05) is 24.6 Å². The SMILES string of the molecule is Cc1ccc(S(=O)N(C)CCNC(=O)C2(C)CC2)cc1. The molecule has 0 aliphatic heterocycles. The molecule has 1 aromatic carbocycles. The average Bonchev–Trinajstić information content (AvgIpc) is 3.18. The van der Waals surface area contributed by atoms with Gasteiger partial charge in [0.05, 0.1) is 4.90 Å². The molecule has 1 amide bonds. The summed E-state index contributed by atoms with van der Waals surface area (Å²) in [6, 6.07) is 7.67. The number of hydrogen-bond acceptors (Lipinski definition) is 2. The molecule has 110 valence electrons. The summed E-state index contributed by atoms with van der Waals surface area (Å²) >= 11 is 0. The van der Waals surface area contributed by atoms with Crippen molar-refractivity contribution < 1.29 is 9.00 Å². The molecular weight excluding hydrogens is 272 g/mol. The van der Waals surface area contributed by atoms with Crippen LogP contribution in [0.3, 0.4) is 0 Å². The third kappa shape index (κ3) is 3.67. The maximum absolute atomic E-state index is 12.3. The van der Waals surface area contributed by atoms with Crippen molar-refractivity contribution in [1.82, 2.24) is 9.62 Å². The van der Waals surface area contributed by atoms with Crippen LogP contribution in [0.2, 0.25) is 0 Å². The van der Waals surface area contributed by atoms with E-state index in [0.717, 1.165) is 23.3 Å². The van der Waals surface area contributed by atoms with Crippen LogP contribution >= 0.6 is 0 Å². The van der Waals surface area contributed by atoms with Gasteiger partial charge in [0.2, 0.25) is 5.91 Å². The number of carbonyl (C=O) groups excluding carboxylic acids is 1. The first-order valence-electron chi connectivity index (χ1n) is 6.90. The van der Waals surface area contributed by atoms with Gasteiger partial charge in [-0.2, -0.15) is 0 Å². The highest BCUT2D eigenvalue weighted by atomic mass is 32.2. The fourth-order valence-electron chi connectivity index (χ4n) is 1.87. The van der Waals surface area contributed by atoms with Crippen LogP contribution in [0.4, 0.5) is 0 Å². The molecule has 0 spiro atoms. The van der Waals surface area contributed by atoms with E-state index in [0.29, 0.717) is 13.1 Å². The van der Waals surface area contributed by atoms with E-state index < -0.39 is 11.0 Å². The lowest BCUT2D eigenvalue weighted by atomic mass is 10.1. The predicted molar refractivity (Wildman–Crippen MR) is 80.6 cm³/mol. The smallest absolute Gasteiger partial charge is 0.225 e. The minimum absolute atomic E-state index is 0.118. The first-order chi connectivity index (χ1) is 9.42. The average molecular weight is 294 g/mol. The molecule has 1 aliphatic carbocycles. The maximum atomic E-state index is 12.3. The Morgan fingerprint density at radius 3 is 2.50 bits per heavy atom. The molecule has 2 rings (SSSR count). The minimum Gasteiger partial charge on any atom is -0.354 e. The number of amides is 1. The highest BCUT2D eigenvalue weighted by molar-refractivity contribution is 7.82. The molecule has 5 heteroatoms. The number of rotatable bonds is 6. The van der Waals surface area contributed by atoms with E-state index >= 15 is 0 Å². The van der Waals surface area contributed by atoms with Gasteiger partial charge < -0.3 is 5.32 Å². The van der Waals surface area contributed by atoms with Crippen molar-refractivity contribution in [2.24, 2.45) is 5.41 Å². The van der Waals surface area contributed by atoms with E-state index in [1.54, 1.807) is 11.4 Å². The molecule has 20 heavy (non-hydrogen) atoms. The second kappa shape index (κ2) is 6.06. The Balaban J connectivity index is 1.79. The molecule has 0 saturated heterocycles. The zero-order valence-corrected chi connectivity index (χ0v) is 13.1. The van der Waals surface area contributed by atoms with Gasteiger partial charge in [-0.3, -0.25) is 4.79 Å². The van der Waals surface area contributed by atoms with Gasteiger partial charge in [-0.25, -0.2) is 8.51 Å². The molecule has 1 saturated carbocycles. The number of nitrogens with one attached hydrogen (secondary N) is 1. The van der Waals surface area contributed by atoms with Crippen molar-refractivity contribution in [3.05, 3.63) is 29.8 Å². The van der Waals surface area contributed by atoms with Crippen LogP contribution in [0.25, 0.3) is 0 Å². The van der Waals surface area contributed by atoms with Gasteiger partial charge in [-0.05, 0) is 31.9 Å². The molecule has 0 heterocycles. The normalized spacial score (nSPS) is 17.8. The molecule has 0 aromatic heterocycles. The first kappa shape index (κ1) is 15.2. The Morgan fingerprint density at radius 2 is 1.95 bits per heavy atom. The van der Waals surface area contributed by atoms with Crippen molar-refractivity contribution in [2.45, 2.75) is 31.6 Å². The Kier molecular flexibility index (Phi) is 4.60. The van der Waals surface area contributed by atoms with Crippen molar-refractivity contribution in [3.63, 3.8) is 0 Å². The third-order valence-corrected chi connectivity index (χ3v) is 5.19. The zero-order valence-electron chi connectivity index (χ0n) is 12.3. The summed E-state index contributed by atoms with van der Waals surface area (Å²) in [5, 5.41) is 2.92. The molecule has 1 N–H and O–H groups in total. The van der Waals surface area contributed by atoms with Gasteiger partial charge in [0.1, 0.15) is 11.0 Å². The Morgan fingerprint density at radius 1 is 1.35 bits per heavy atom. The highest BCUT2D eigenvalue weighted by Crippen LogP contribution is 2.44. The quantitative estimate of drug-likeness (QED) is 0.870. The number of aryl methyl sites for hydroxylation is 1. The number of hydrogen-bond donors (Lipinski definition) is 1. The number of likely N-dealkylation sites (N-methyl/N-ethyl adjacent to an activating group) is 1. The van der Waals surface area contributed by atoms with E-state index in [1.807, 2.05) is 38.1 Å². The van der Waals surface area contributed by atoms with Crippen LogP contribution < -0.4 is 5.32 Å². The fraction of sp³-hybridized carbons (Fsp3) is 0.533. The summed E-state index contributed by atoms with van der Waals surface area (Å²) in [4.78, 5) is 12.6. The van der Waals surface area contributed by atoms with Crippen LogP contribution in [0.5, 0.6) is 0 Å². The molecule has 1 atom stereocenters. The second-order valence-electron chi connectivity index (χ2n) is 5.73. The lowest BCUT2D eigenvalue weighted by Gasteiger charge is -2.17. The van der Waals surface area contributed by atoms with Crippen molar-refractivity contribution in [1.29, 1.82) is 0 Å². The zero-order chi connectivity index (χ0) is 14.8. The summed E-state index contributed by atoms with van der Waals surface area (Å²) in [6.45, 7) is 5.09. The summed E-state index contributed by atoms with van der Waals surface area (Å²) in [5.74, 6) is 0.118. The molecule has 1 aliphatic rings. The van der Waals surface area contributed by atoms with Crippen LogP contribution in [-0.2, 0) is 15.8 Å². The fourth-order valence-corrected chi connectivity index (χ4v) is 2.86. The minimum atomic E-state index is -1.17. The molecule has 1 fully saturated rings. The van der Waals surface area contributed by atoms with Crippen molar-refractivity contribution >= 4 is 16.9 Å². The molecule has 0 bridgehead atoms. The molecule has 1 aromatic rings. The number of benzene rings is 1. The predicted octanol–water partition coefficient (Wildman–Crippen LogP) is 1.87.